The standard InChI is InChI=1S/C13H15BO4S/c1-17-13-5-4-11(14(15)16)7-10(13)8-18-9-12-3-2-6-19-12/h2-7,15-16H,8-9H2,1H3. The van der Waals surface area contributed by atoms with E-state index >= 15 is 0 Å². The number of hydrogen-bond donors (Lipinski definition) is 2. The number of hydrogen-bond acceptors (Lipinski definition) is 5. The van der Waals surface area contributed by atoms with Gasteiger partial charge in [-0.3, -0.25) is 0 Å². The lowest BCUT2D eigenvalue weighted by Crippen LogP contribution is -2.30. The average molecular weight is 278 g/mol. The molecule has 1 aromatic carbocycles. The Labute approximate surface area is 116 Å². The van der Waals surface area contributed by atoms with Gasteiger partial charge in [-0.05, 0) is 23.0 Å². The zero-order valence-corrected chi connectivity index (χ0v) is 11.4. The molecule has 2 N–H and O–H groups in total. The fourth-order valence-electron chi connectivity index (χ4n) is 1.73. The highest BCUT2D eigenvalue weighted by Gasteiger charge is 2.13. The molecule has 0 spiro atoms. The van der Waals surface area contributed by atoms with Crippen molar-refractivity contribution in [2.75, 3.05) is 7.11 Å². The first-order valence-electron chi connectivity index (χ1n) is 5.84. The van der Waals surface area contributed by atoms with Gasteiger partial charge in [0.15, 0.2) is 0 Å². The van der Waals surface area contributed by atoms with E-state index in [1.807, 2.05) is 17.5 Å². The van der Waals surface area contributed by atoms with Crippen LogP contribution in [0.5, 0.6) is 5.75 Å². The first-order chi connectivity index (χ1) is 9.20. The van der Waals surface area contributed by atoms with E-state index in [1.54, 1.807) is 36.6 Å². The molecule has 0 radical (unpaired) electrons. The Balaban J connectivity index is 2.02. The van der Waals surface area contributed by atoms with Crippen LogP contribution in [0.25, 0.3) is 0 Å². The second-order valence-corrected chi connectivity index (χ2v) is 5.05. The van der Waals surface area contributed by atoms with Crippen LogP contribution >= 0.6 is 11.3 Å². The van der Waals surface area contributed by atoms with E-state index in [9.17, 15) is 0 Å². The average Bonchev–Trinajstić information content (AvgIpc) is 2.91. The summed E-state index contributed by atoms with van der Waals surface area (Å²) in [6.45, 7) is 0.897. The largest absolute Gasteiger partial charge is 0.496 e. The van der Waals surface area contributed by atoms with Gasteiger partial charge in [-0.1, -0.05) is 18.2 Å². The fraction of sp³-hybridized carbons (Fsp3) is 0.231. The normalized spacial score (nSPS) is 10.5. The topological polar surface area (TPSA) is 58.9 Å². The van der Waals surface area contributed by atoms with Crippen molar-refractivity contribution in [2.24, 2.45) is 0 Å². The van der Waals surface area contributed by atoms with Gasteiger partial charge < -0.3 is 19.5 Å². The lowest BCUT2D eigenvalue weighted by atomic mass is 9.79. The van der Waals surface area contributed by atoms with E-state index in [-0.39, 0.29) is 0 Å². The van der Waals surface area contributed by atoms with E-state index in [0.717, 1.165) is 10.4 Å². The molecule has 100 valence electrons. The molecule has 0 unspecified atom stereocenters. The molecule has 0 saturated carbocycles. The Morgan fingerprint density at radius 3 is 2.68 bits per heavy atom. The van der Waals surface area contributed by atoms with Gasteiger partial charge in [0.2, 0.25) is 0 Å². The minimum absolute atomic E-state index is 0.363. The lowest BCUT2D eigenvalue weighted by Gasteiger charge is -2.11. The Morgan fingerprint density at radius 1 is 1.21 bits per heavy atom. The summed E-state index contributed by atoms with van der Waals surface area (Å²) < 4.78 is 10.8. The van der Waals surface area contributed by atoms with Crippen molar-refractivity contribution in [3.8, 4) is 5.75 Å². The summed E-state index contributed by atoms with van der Waals surface area (Å²) >= 11 is 1.64. The van der Waals surface area contributed by atoms with Gasteiger partial charge in [0.25, 0.3) is 0 Å². The van der Waals surface area contributed by atoms with Crippen LogP contribution in [0.3, 0.4) is 0 Å². The molecule has 1 aromatic heterocycles. The van der Waals surface area contributed by atoms with E-state index in [2.05, 4.69) is 0 Å². The molecule has 0 aliphatic rings. The van der Waals surface area contributed by atoms with Crippen molar-refractivity contribution in [1.29, 1.82) is 0 Å². The molecule has 1 heterocycles. The van der Waals surface area contributed by atoms with E-state index in [4.69, 9.17) is 19.5 Å². The van der Waals surface area contributed by atoms with Gasteiger partial charge in [-0.15, -0.1) is 11.3 Å². The molecule has 0 saturated heterocycles. The Hall–Kier alpha value is -1.34. The third-order valence-corrected chi connectivity index (χ3v) is 3.53. The maximum atomic E-state index is 9.16. The zero-order valence-electron chi connectivity index (χ0n) is 10.6. The number of thiophene rings is 1. The Kier molecular flexibility index (Phi) is 4.98. The SMILES string of the molecule is COc1ccc(B(O)O)cc1COCc1cccs1. The molecule has 6 heteroatoms. The van der Waals surface area contributed by atoms with Crippen LogP contribution in [0.1, 0.15) is 10.4 Å². The van der Waals surface area contributed by atoms with Gasteiger partial charge in [0.05, 0.1) is 20.3 Å². The highest BCUT2D eigenvalue weighted by Crippen LogP contribution is 2.19. The van der Waals surface area contributed by atoms with Crippen LogP contribution in [0, 0.1) is 0 Å². The summed E-state index contributed by atoms with van der Waals surface area (Å²) in [5.41, 5.74) is 1.22. The number of benzene rings is 1. The highest BCUT2D eigenvalue weighted by atomic mass is 32.1. The third kappa shape index (κ3) is 3.81. The van der Waals surface area contributed by atoms with Crippen LogP contribution in [0.2, 0.25) is 0 Å². The molecule has 0 atom stereocenters. The summed E-state index contributed by atoms with van der Waals surface area (Å²) in [7, 11) is 0.0922. The number of rotatable bonds is 6. The van der Waals surface area contributed by atoms with Crippen molar-refractivity contribution in [3.63, 3.8) is 0 Å². The molecular formula is C13H15BO4S. The summed E-state index contributed by atoms with van der Waals surface area (Å²) in [6, 6.07) is 8.99. The Bertz CT molecular complexity index is 513. The maximum Gasteiger partial charge on any atom is 0.488 e. The second-order valence-electron chi connectivity index (χ2n) is 4.02. The predicted molar refractivity (Wildman–Crippen MR) is 75.6 cm³/mol. The fourth-order valence-corrected chi connectivity index (χ4v) is 2.37. The van der Waals surface area contributed by atoms with Crippen LogP contribution in [0.15, 0.2) is 35.7 Å². The zero-order chi connectivity index (χ0) is 13.7. The molecule has 0 bridgehead atoms. The molecule has 0 fully saturated rings. The monoisotopic (exact) mass is 278 g/mol. The van der Waals surface area contributed by atoms with Crippen LogP contribution in [-0.4, -0.2) is 24.3 Å². The predicted octanol–water partition coefficient (Wildman–Crippen LogP) is 1.15. The second kappa shape index (κ2) is 6.72. The molecule has 2 aromatic rings. The minimum atomic E-state index is -1.48. The smallest absolute Gasteiger partial charge is 0.488 e. The third-order valence-electron chi connectivity index (χ3n) is 2.68. The van der Waals surface area contributed by atoms with Crippen molar-refractivity contribution in [3.05, 3.63) is 46.2 Å². The minimum Gasteiger partial charge on any atom is -0.496 e. The summed E-state index contributed by atoms with van der Waals surface area (Å²) in [6.07, 6.45) is 0. The van der Waals surface area contributed by atoms with Crippen LogP contribution in [0.4, 0.5) is 0 Å². The maximum absolute atomic E-state index is 9.16. The quantitative estimate of drug-likeness (QED) is 0.778. The Morgan fingerprint density at radius 2 is 2.05 bits per heavy atom. The van der Waals surface area contributed by atoms with Crippen LogP contribution < -0.4 is 10.2 Å². The summed E-state index contributed by atoms with van der Waals surface area (Å²) in [5, 5.41) is 20.3. The molecule has 4 nitrogen and oxygen atoms in total. The van der Waals surface area contributed by atoms with Gasteiger partial charge in [0, 0.05) is 10.4 Å². The van der Waals surface area contributed by atoms with Gasteiger partial charge in [-0.25, -0.2) is 0 Å². The van der Waals surface area contributed by atoms with E-state index < -0.39 is 7.12 Å². The van der Waals surface area contributed by atoms with Crippen molar-refractivity contribution >= 4 is 23.9 Å². The van der Waals surface area contributed by atoms with Crippen molar-refractivity contribution in [1.82, 2.24) is 0 Å². The van der Waals surface area contributed by atoms with E-state index in [0.29, 0.717) is 24.4 Å². The first kappa shape index (κ1) is 14.1. The number of methoxy groups -OCH3 is 1. The van der Waals surface area contributed by atoms with Gasteiger partial charge in [-0.2, -0.15) is 0 Å². The van der Waals surface area contributed by atoms with Gasteiger partial charge >= 0.3 is 7.12 Å². The molecule has 2 rings (SSSR count). The summed E-state index contributed by atoms with van der Waals surface area (Å²) in [4.78, 5) is 1.15. The molecule has 19 heavy (non-hydrogen) atoms. The van der Waals surface area contributed by atoms with Crippen molar-refractivity contribution in [2.45, 2.75) is 13.2 Å². The van der Waals surface area contributed by atoms with Crippen LogP contribution in [-0.2, 0) is 18.0 Å². The molecule has 0 aliphatic carbocycles. The van der Waals surface area contributed by atoms with Gasteiger partial charge in [0.1, 0.15) is 5.75 Å². The molecular weight excluding hydrogens is 263 g/mol. The molecule has 0 amide bonds. The first-order valence-corrected chi connectivity index (χ1v) is 6.71. The highest BCUT2D eigenvalue weighted by molar-refractivity contribution is 7.09. The van der Waals surface area contributed by atoms with Crippen molar-refractivity contribution < 1.29 is 19.5 Å². The van der Waals surface area contributed by atoms with E-state index in [1.165, 1.54) is 0 Å². The lowest BCUT2D eigenvalue weighted by molar-refractivity contribution is 0.107. The number of ether oxygens (including phenoxy) is 2. The molecule has 0 aliphatic heterocycles. The summed E-state index contributed by atoms with van der Waals surface area (Å²) in [5.74, 6) is 0.676.